The highest BCUT2D eigenvalue weighted by Crippen LogP contribution is 2.13. The second-order valence-electron chi connectivity index (χ2n) is 5.85. The van der Waals surface area contributed by atoms with Crippen molar-refractivity contribution in [1.82, 2.24) is 10.6 Å². The van der Waals surface area contributed by atoms with Gasteiger partial charge in [-0.05, 0) is 31.2 Å². The molecule has 0 atom stereocenters. The molecule has 1 heterocycles. The minimum Gasteiger partial charge on any atom is -0.467 e. The summed E-state index contributed by atoms with van der Waals surface area (Å²) in [5, 5.41) is 4.36. The molecular weight excluding hydrogens is 388 g/mol. The summed E-state index contributed by atoms with van der Waals surface area (Å²) in [5.41, 5.74) is 0.914. The number of amides is 3. The molecule has 0 saturated carbocycles. The predicted molar refractivity (Wildman–Crippen MR) is 97.9 cm³/mol. The molecule has 28 heavy (non-hydrogen) atoms. The molecule has 0 aliphatic heterocycles. The van der Waals surface area contributed by atoms with Gasteiger partial charge >= 0.3 is 12.0 Å². The first kappa shape index (κ1) is 21.2. The van der Waals surface area contributed by atoms with Crippen molar-refractivity contribution in [1.29, 1.82) is 0 Å². The third kappa shape index (κ3) is 6.88. The van der Waals surface area contributed by atoms with Crippen LogP contribution in [-0.2, 0) is 30.7 Å². The zero-order valence-electron chi connectivity index (χ0n) is 15.1. The summed E-state index contributed by atoms with van der Waals surface area (Å²) in [7, 11) is -3.63. The maximum absolute atomic E-state index is 12.2. The fourth-order valence-corrected chi connectivity index (χ4v) is 3.31. The summed E-state index contributed by atoms with van der Waals surface area (Å²) >= 11 is 0. The summed E-state index contributed by atoms with van der Waals surface area (Å²) < 4.78 is 34.0. The molecule has 0 saturated heterocycles. The lowest BCUT2D eigenvalue weighted by molar-refractivity contribution is -0.147. The first-order valence-corrected chi connectivity index (χ1v) is 9.96. The lowest BCUT2D eigenvalue weighted by atomic mass is 10.2. The van der Waals surface area contributed by atoms with Gasteiger partial charge in [-0.2, -0.15) is 0 Å². The number of esters is 1. The number of urea groups is 1. The van der Waals surface area contributed by atoms with E-state index in [1.165, 1.54) is 18.4 Å². The van der Waals surface area contributed by atoms with E-state index in [2.05, 4.69) is 5.32 Å². The van der Waals surface area contributed by atoms with Crippen LogP contribution in [-0.4, -0.2) is 38.7 Å². The number of sulfone groups is 1. The van der Waals surface area contributed by atoms with Gasteiger partial charge in [-0.3, -0.25) is 14.9 Å². The minimum absolute atomic E-state index is 0.0861. The lowest BCUT2D eigenvalue weighted by Crippen LogP contribution is -2.41. The van der Waals surface area contributed by atoms with Crippen molar-refractivity contribution in [2.45, 2.75) is 24.8 Å². The van der Waals surface area contributed by atoms with Crippen LogP contribution in [0, 0.1) is 6.92 Å². The van der Waals surface area contributed by atoms with Crippen molar-refractivity contribution < 1.29 is 32.0 Å². The normalized spacial score (nSPS) is 10.9. The molecule has 2 rings (SSSR count). The SMILES string of the molecule is Cc1ccc(S(=O)(=O)CCC(=O)OCC(=O)NC(=O)NCc2ccco2)cc1. The van der Waals surface area contributed by atoms with E-state index in [1.807, 2.05) is 12.2 Å². The molecule has 2 aromatic rings. The van der Waals surface area contributed by atoms with Crippen LogP contribution in [0.25, 0.3) is 0 Å². The number of aryl methyl sites for hydroxylation is 1. The molecule has 10 heteroatoms. The monoisotopic (exact) mass is 408 g/mol. The molecule has 0 aliphatic carbocycles. The highest BCUT2D eigenvalue weighted by molar-refractivity contribution is 7.91. The molecule has 1 aromatic heterocycles. The standard InChI is InChI=1S/C18H20N2O7S/c1-13-4-6-15(7-5-13)28(24,25)10-8-17(22)27-12-16(21)20-18(23)19-11-14-3-2-9-26-14/h2-7,9H,8,10-12H2,1H3,(H2,19,20,21,23). The van der Waals surface area contributed by atoms with Crippen molar-refractivity contribution in [2.24, 2.45) is 0 Å². The second kappa shape index (κ2) is 9.70. The third-order valence-electron chi connectivity index (χ3n) is 3.58. The smallest absolute Gasteiger partial charge is 0.321 e. The van der Waals surface area contributed by atoms with Gasteiger partial charge in [-0.15, -0.1) is 0 Å². The van der Waals surface area contributed by atoms with Gasteiger partial charge in [0.05, 0.1) is 29.9 Å². The van der Waals surface area contributed by atoms with Crippen molar-refractivity contribution in [3.05, 3.63) is 54.0 Å². The summed E-state index contributed by atoms with van der Waals surface area (Å²) in [4.78, 5) is 34.9. The van der Waals surface area contributed by atoms with E-state index in [9.17, 15) is 22.8 Å². The van der Waals surface area contributed by atoms with Gasteiger partial charge in [0.25, 0.3) is 5.91 Å². The van der Waals surface area contributed by atoms with E-state index in [-0.39, 0.29) is 11.4 Å². The van der Waals surface area contributed by atoms with Gasteiger partial charge in [0.2, 0.25) is 0 Å². The van der Waals surface area contributed by atoms with Gasteiger partial charge in [0.15, 0.2) is 16.4 Å². The molecule has 0 spiro atoms. The summed E-state index contributed by atoms with van der Waals surface area (Å²) in [6, 6.07) is 8.76. The van der Waals surface area contributed by atoms with Crippen LogP contribution >= 0.6 is 0 Å². The molecule has 0 radical (unpaired) electrons. The second-order valence-corrected chi connectivity index (χ2v) is 7.96. The average molecular weight is 408 g/mol. The minimum atomic E-state index is -3.63. The number of ether oxygens (including phenoxy) is 1. The number of carbonyl (C=O) groups is 3. The van der Waals surface area contributed by atoms with E-state index in [0.29, 0.717) is 5.76 Å². The molecule has 1 aromatic carbocycles. The van der Waals surface area contributed by atoms with Gasteiger partial charge in [-0.1, -0.05) is 17.7 Å². The molecule has 0 aliphatic rings. The van der Waals surface area contributed by atoms with Gasteiger partial charge in [0, 0.05) is 0 Å². The number of carbonyl (C=O) groups excluding carboxylic acids is 3. The molecular formula is C18H20N2O7S. The zero-order chi connectivity index (χ0) is 20.6. The highest BCUT2D eigenvalue weighted by Gasteiger charge is 2.18. The summed E-state index contributed by atoms with van der Waals surface area (Å²) in [6.07, 6.45) is 1.03. The number of hydrogen-bond acceptors (Lipinski definition) is 7. The first-order chi connectivity index (χ1) is 13.3. The molecule has 9 nitrogen and oxygen atoms in total. The number of rotatable bonds is 8. The Morgan fingerprint density at radius 2 is 1.82 bits per heavy atom. The topological polar surface area (TPSA) is 132 Å². The fraction of sp³-hybridized carbons (Fsp3) is 0.278. The molecule has 0 unspecified atom stereocenters. The van der Waals surface area contributed by atoms with Crippen LogP contribution in [0.3, 0.4) is 0 Å². The van der Waals surface area contributed by atoms with Gasteiger partial charge < -0.3 is 14.5 Å². The van der Waals surface area contributed by atoms with Crippen molar-refractivity contribution in [3.8, 4) is 0 Å². The van der Waals surface area contributed by atoms with E-state index >= 15 is 0 Å². The number of imide groups is 1. The number of hydrogen-bond donors (Lipinski definition) is 2. The van der Waals surface area contributed by atoms with E-state index in [1.54, 1.807) is 24.3 Å². The Morgan fingerprint density at radius 1 is 1.11 bits per heavy atom. The van der Waals surface area contributed by atoms with Crippen LogP contribution < -0.4 is 10.6 Å². The van der Waals surface area contributed by atoms with Crippen LogP contribution in [0.1, 0.15) is 17.7 Å². The quantitative estimate of drug-likeness (QED) is 0.630. The fourth-order valence-electron chi connectivity index (χ4n) is 2.09. The van der Waals surface area contributed by atoms with Crippen molar-refractivity contribution >= 4 is 27.7 Å². The maximum atomic E-state index is 12.2. The summed E-state index contributed by atoms with van der Waals surface area (Å²) in [6.45, 7) is 1.22. The Balaban J connectivity index is 1.69. The largest absolute Gasteiger partial charge is 0.467 e. The molecule has 0 fully saturated rings. The van der Waals surface area contributed by atoms with Gasteiger partial charge in [-0.25, -0.2) is 13.2 Å². The van der Waals surface area contributed by atoms with Gasteiger partial charge in [0.1, 0.15) is 5.76 Å². The molecule has 150 valence electrons. The van der Waals surface area contributed by atoms with E-state index in [4.69, 9.17) is 9.15 Å². The predicted octanol–water partition coefficient (Wildman–Crippen LogP) is 1.32. The lowest BCUT2D eigenvalue weighted by Gasteiger charge is -2.07. The van der Waals surface area contributed by atoms with Crippen LogP contribution in [0.2, 0.25) is 0 Å². The first-order valence-electron chi connectivity index (χ1n) is 8.31. The van der Waals surface area contributed by atoms with Crippen molar-refractivity contribution in [3.63, 3.8) is 0 Å². The van der Waals surface area contributed by atoms with E-state index < -0.39 is 46.5 Å². The Labute approximate surface area is 162 Å². The molecule has 2 N–H and O–H groups in total. The number of benzene rings is 1. The molecule has 0 bridgehead atoms. The number of furan rings is 1. The Hall–Kier alpha value is -3.14. The average Bonchev–Trinajstić information content (AvgIpc) is 3.17. The zero-order valence-corrected chi connectivity index (χ0v) is 16.0. The van der Waals surface area contributed by atoms with Crippen LogP contribution in [0.5, 0.6) is 0 Å². The Kier molecular flexibility index (Phi) is 7.33. The Morgan fingerprint density at radius 3 is 2.46 bits per heavy atom. The summed E-state index contributed by atoms with van der Waals surface area (Å²) in [5.74, 6) is -1.64. The third-order valence-corrected chi connectivity index (χ3v) is 5.31. The maximum Gasteiger partial charge on any atom is 0.321 e. The van der Waals surface area contributed by atoms with E-state index in [0.717, 1.165) is 5.56 Å². The van der Waals surface area contributed by atoms with Crippen LogP contribution in [0.15, 0.2) is 52.0 Å². The Bertz CT molecular complexity index is 919. The molecule has 3 amide bonds. The number of nitrogens with one attached hydrogen (secondary N) is 2. The van der Waals surface area contributed by atoms with Crippen molar-refractivity contribution in [2.75, 3.05) is 12.4 Å². The van der Waals surface area contributed by atoms with Crippen LogP contribution in [0.4, 0.5) is 4.79 Å². The highest BCUT2D eigenvalue weighted by atomic mass is 32.2.